The quantitative estimate of drug-likeness (QED) is 0.612. The molecule has 1 rings (SSSR count). The summed E-state index contributed by atoms with van der Waals surface area (Å²) in [6.45, 7) is 0.358. The number of benzene rings is 1. The summed E-state index contributed by atoms with van der Waals surface area (Å²) in [5.41, 5.74) is -0.0799. The van der Waals surface area contributed by atoms with Crippen LogP contribution in [-0.2, 0) is 4.79 Å². The molecule has 4 heteroatoms. The lowest BCUT2D eigenvalue weighted by molar-refractivity contribution is -0.861. The molecule has 0 radical (unpaired) electrons. The molecule has 0 fully saturated rings. The molecule has 1 unspecified atom stereocenters. The number of hydrogen-bond donors (Lipinski definition) is 1. The van der Waals surface area contributed by atoms with E-state index >= 15 is 0 Å². The molecule has 0 amide bonds. The lowest BCUT2D eigenvalue weighted by atomic mass is 10.4. The molecular formula is C11H17NO2P+. The minimum Gasteiger partial charge on any atom is -0.362 e. The first-order valence-corrected chi connectivity index (χ1v) is 6.07. The Bertz CT molecular complexity index is 332. The molecule has 1 atom stereocenters. The van der Waals surface area contributed by atoms with E-state index in [1.54, 1.807) is 12.1 Å². The molecule has 0 aliphatic carbocycles. The third-order valence-electron chi connectivity index (χ3n) is 1.85. The number of nitrogens with zero attached hydrogens (tertiary/aromatic N) is 1. The van der Waals surface area contributed by atoms with Gasteiger partial charge in [-0.25, -0.2) is 0 Å². The average molecular weight is 226 g/mol. The topological polar surface area (TPSA) is 37.3 Å². The van der Waals surface area contributed by atoms with E-state index in [0.29, 0.717) is 11.0 Å². The predicted molar refractivity (Wildman–Crippen MR) is 63.1 cm³/mol. The Kier molecular flexibility index (Phi) is 3.97. The normalized spacial score (nSPS) is 13.6. The number of rotatable bonds is 4. The summed E-state index contributed by atoms with van der Waals surface area (Å²) < 4.78 is 0.547. The SMILES string of the molecule is C[N+](C)(C)CC(=O)P(O)c1ccccc1. The van der Waals surface area contributed by atoms with Crippen LogP contribution in [0.3, 0.4) is 0 Å². The summed E-state index contributed by atoms with van der Waals surface area (Å²) in [6, 6.07) is 9.12. The van der Waals surface area contributed by atoms with Crippen molar-refractivity contribution in [2.45, 2.75) is 0 Å². The Hall–Kier alpha value is -0.760. The summed E-state index contributed by atoms with van der Waals surface area (Å²) in [7, 11) is 4.15. The van der Waals surface area contributed by atoms with Crippen LogP contribution >= 0.6 is 8.15 Å². The molecule has 1 aromatic rings. The highest BCUT2D eigenvalue weighted by Crippen LogP contribution is 2.30. The highest BCUT2D eigenvalue weighted by atomic mass is 31.1. The van der Waals surface area contributed by atoms with Gasteiger partial charge in [-0.1, -0.05) is 30.3 Å². The smallest absolute Gasteiger partial charge is 0.239 e. The molecule has 0 heterocycles. The van der Waals surface area contributed by atoms with E-state index < -0.39 is 8.15 Å². The van der Waals surface area contributed by atoms with Gasteiger partial charge in [0.05, 0.1) is 21.1 Å². The van der Waals surface area contributed by atoms with Crippen LogP contribution in [0.4, 0.5) is 0 Å². The highest BCUT2D eigenvalue weighted by Gasteiger charge is 2.23. The molecule has 0 aliphatic rings. The standard InChI is InChI=1S/C11H17NO2P/c1-12(2,3)9-11(13)15(14)10-7-5-4-6-8-10/h4-8,14H,9H2,1-3H3/q+1. The molecule has 0 aliphatic heterocycles. The molecule has 15 heavy (non-hydrogen) atoms. The zero-order valence-corrected chi connectivity index (χ0v) is 10.2. The summed E-state index contributed by atoms with van der Waals surface area (Å²) >= 11 is 0. The Morgan fingerprint density at radius 2 is 1.80 bits per heavy atom. The van der Waals surface area contributed by atoms with Gasteiger partial charge in [-0.15, -0.1) is 0 Å². The average Bonchev–Trinajstić information content (AvgIpc) is 2.15. The minimum absolute atomic E-state index is 0.0799. The zero-order chi connectivity index (χ0) is 11.5. The van der Waals surface area contributed by atoms with E-state index in [-0.39, 0.29) is 5.52 Å². The van der Waals surface area contributed by atoms with Crippen molar-refractivity contribution in [1.29, 1.82) is 0 Å². The van der Waals surface area contributed by atoms with Gasteiger partial charge in [-0.05, 0) is 0 Å². The van der Waals surface area contributed by atoms with Gasteiger partial charge in [0.25, 0.3) is 0 Å². The Balaban J connectivity index is 2.70. The van der Waals surface area contributed by atoms with Crippen molar-refractivity contribution in [1.82, 2.24) is 0 Å². The van der Waals surface area contributed by atoms with Gasteiger partial charge in [-0.2, -0.15) is 0 Å². The number of carbonyl (C=O) groups excluding carboxylic acids is 1. The first kappa shape index (κ1) is 12.3. The third kappa shape index (κ3) is 4.08. The minimum atomic E-state index is -1.66. The van der Waals surface area contributed by atoms with E-state index in [1.807, 2.05) is 39.3 Å². The highest BCUT2D eigenvalue weighted by molar-refractivity contribution is 7.76. The summed E-state index contributed by atoms with van der Waals surface area (Å²) in [5, 5.41) is 0.728. The van der Waals surface area contributed by atoms with Gasteiger partial charge in [0, 0.05) is 5.30 Å². The van der Waals surface area contributed by atoms with Gasteiger partial charge >= 0.3 is 0 Å². The summed E-state index contributed by atoms with van der Waals surface area (Å²) in [6.07, 6.45) is 0. The molecule has 82 valence electrons. The maximum absolute atomic E-state index is 11.7. The summed E-state index contributed by atoms with van der Waals surface area (Å²) in [4.78, 5) is 21.6. The Morgan fingerprint density at radius 1 is 1.27 bits per heavy atom. The van der Waals surface area contributed by atoms with Crippen LogP contribution in [-0.4, -0.2) is 42.6 Å². The van der Waals surface area contributed by atoms with Crippen molar-refractivity contribution in [3.05, 3.63) is 30.3 Å². The van der Waals surface area contributed by atoms with E-state index in [2.05, 4.69) is 0 Å². The van der Waals surface area contributed by atoms with Crippen LogP contribution in [0.5, 0.6) is 0 Å². The monoisotopic (exact) mass is 226 g/mol. The number of likely N-dealkylation sites (N-methyl/N-ethyl adjacent to an activating group) is 1. The lowest BCUT2D eigenvalue weighted by Gasteiger charge is -2.23. The van der Waals surface area contributed by atoms with Crippen LogP contribution < -0.4 is 5.30 Å². The fourth-order valence-electron chi connectivity index (χ4n) is 1.19. The molecule has 1 aromatic carbocycles. The third-order valence-corrected chi connectivity index (χ3v) is 3.25. The van der Waals surface area contributed by atoms with Crippen molar-refractivity contribution in [2.24, 2.45) is 0 Å². The van der Waals surface area contributed by atoms with E-state index in [9.17, 15) is 9.69 Å². The Labute approximate surface area is 91.8 Å². The first-order valence-electron chi connectivity index (χ1n) is 4.77. The molecule has 0 spiro atoms. The molecule has 0 aromatic heterocycles. The fraction of sp³-hybridized carbons (Fsp3) is 0.364. The number of carbonyl (C=O) groups is 1. The van der Waals surface area contributed by atoms with E-state index in [0.717, 1.165) is 5.30 Å². The van der Waals surface area contributed by atoms with Gasteiger partial charge in [0.1, 0.15) is 14.7 Å². The molecular weight excluding hydrogens is 209 g/mol. The molecule has 0 bridgehead atoms. The summed E-state index contributed by atoms with van der Waals surface area (Å²) in [5.74, 6) is 0. The van der Waals surface area contributed by atoms with Gasteiger partial charge in [0.15, 0.2) is 0 Å². The molecule has 0 saturated heterocycles. The van der Waals surface area contributed by atoms with Crippen molar-refractivity contribution in [3.63, 3.8) is 0 Å². The van der Waals surface area contributed by atoms with Crippen LogP contribution in [0.1, 0.15) is 0 Å². The van der Waals surface area contributed by atoms with Crippen LogP contribution in [0.15, 0.2) is 30.3 Å². The maximum atomic E-state index is 11.7. The number of quaternary nitrogens is 1. The van der Waals surface area contributed by atoms with Crippen LogP contribution in [0.2, 0.25) is 0 Å². The van der Waals surface area contributed by atoms with E-state index in [1.165, 1.54) is 0 Å². The molecule has 1 N–H and O–H groups in total. The maximum Gasteiger partial charge on any atom is 0.239 e. The molecule has 3 nitrogen and oxygen atoms in total. The van der Waals surface area contributed by atoms with Crippen molar-refractivity contribution in [2.75, 3.05) is 27.7 Å². The second-order valence-electron chi connectivity index (χ2n) is 4.49. The van der Waals surface area contributed by atoms with Crippen molar-refractivity contribution in [3.8, 4) is 0 Å². The lowest BCUT2D eigenvalue weighted by Crippen LogP contribution is -2.39. The van der Waals surface area contributed by atoms with E-state index in [4.69, 9.17) is 0 Å². The number of hydrogen-bond acceptors (Lipinski definition) is 2. The fourth-order valence-corrected chi connectivity index (χ4v) is 2.49. The molecule has 0 saturated carbocycles. The van der Waals surface area contributed by atoms with Crippen molar-refractivity contribution < 1.29 is 14.2 Å². The van der Waals surface area contributed by atoms with Crippen LogP contribution in [0, 0.1) is 0 Å². The van der Waals surface area contributed by atoms with Gasteiger partial charge < -0.3 is 9.38 Å². The predicted octanol–water partition coefficient (Wildman–Crippen LogP) is 0.934. The first-order chi connectivity index (χ1) is 6.90. The van der Waals surface area contributed by atoms with Gasteiger partial charge in [0.2, 0.25) is 5.52 Å². The largest absolute Gasteiger partial charge is 0.362 e. The van der Waals surface area contributed by atoms with Crippen molar-refractivity contribution >= 4 is 19.0 Å². The Morgan fingerprint density at radius 3 is 2.27 bits per heavy atom. The zero-order valence-electron chi connectivity index (χ0n) is 9.34. The second-order valence-corrected chi connectivity index (χ2v) is 6.13. The van der Waals surface area contributed by atoms with Crippen LogP contribution in [0.25, 0.3) is 0 Å². The second kappa shape index (κ2) is 4.84. The van der Waals surface area contributed by atoms with Gasteiger partial charge in [-0.3, -0.25) is 4.79 Å².